The molecule has 0 saturated heterocycles. The van der Waals surface area contributed by atoms with Gasteiger partial charge in [0, 0.05) is 11.1 Å². The molecule has 0 bridgehead atoms. The van der Waals surface area contributed by atoms with Crippen molar-refractivity contribution in [2.24, 2.45) is 16.5 Å². The number of ether oxygens (including phenoxy) is 1. The van der Waals surface area contributed by atoms with Crippen molar-refractivity contribution in [3.05, 3.63) is 65.2 Å². The predicted octanol–water partition coefficient (Wildman–Crippen LogP) is 2.06. The number of hydrogen-bond acceptors (Lipinski definition) is 3. The summed E-state index contributed by atoms with van der Waals surface area (Å²) in [5.41, 5.74) is 13.9. The van der Waals surface area contributed by atoms with E-state index in [9.17, 15) is 0 Å². The Bertz CT molecular complexity index is 680. The lowest BCUT2D eigenvalue weighted by atomic mass is 10.1. The maximum Gasteiger partial charge on any atom is 0.125 e. The molecule has 114 valence electrons. The van der Waals surface area contributed by atoms with Crippen molar-refractivity contribution in [2.75, 3.05) is 13.2 Å². The number of amidine groups is 2. The maximum absolute atomic E-state index is 7.45. The molecule has 0 heterocycles. The second-order valence-electron chi connectivity index (χ2n) is 4.88. The highest BCUT2D eigenvalue weighted by Crippen LogP contribution is 2.19. The van der Waals surface area contributed by atoms with Crippen molar-refractivity contribution in [3.8, 4) is 5.75 Å². The molecule has 0 spiro atoms. The van der Waals surface area contributed by atoms with E-state index in [0.29, 0.717) is 30.3 Å². The summed E-state index contributed by atoms with van der Waals surface area (Å²) in [7, 11) is 0. The van der Waals surface area contributed by atoms with Gasteiger partial charge in [0.05, 0.1) is 6.54 Å². The van der Waals surface area contributed by atoms with Crippen LogP contribution in [0.3, 0.4) is 0 Å². The highest BCUT2D eigenvalue weighted by atomic mass is 16.5. The number of aryl methyl sites for hydroxylation is 1. The number of nitrogens with one attached hydrogen (secondary N) is 1. The minimum absolute atomic E-state index is 0.0243. The normalized spacial score (nSPS) is 11.2. The molecule has 0 radical (unpaired) electrons. The summed E-state index contributed by atoms with van der Waals surface area (Å²) in [4.78, 5) is 4.30. The average Bonchev–Trinajstić information content (AvgIpc) is 2.53. The second kappa shape index (κ2) is 7.26. The van der Waals surface area contributed by atoms with Crippen LogP contribution in [0.5, 0.6) is 5.75 Å². The number of nitrogens with two attached hydrogens (primary N) is 2. The number of rotatable bonds is 6. The lowest BCUT2D eigenvalue weighted by Gasteiger charge is -2.10. The molecule has 22 heavy (non-hydrogen) atoms. The molecule has 0 amide bonds. The Labute approximate surface area is 130 Å². The van der Waals surface area contributed by atoms with Gasteiger partial charge in [-0.1, -0.05) is 42.5 Å². The lowest BCUT2D eigenvalue weighted by Crippen LogP contribution is -2.15. The molecular weight excluding hydrogens is 276 g/mol. The van der Waals surface area contributed by atoms with Gasteiger partial charge >= 0.3 is 0 Å². The first-order chi connectivity index (χ1) is 10.6. The van der Waals surface area contributed by atoms with Crippen molar-refractivity contribution in [3.63, 3.8) is 0 Å². The van der Waals surface area contributed by atoms with E-state index in [2.05, 4.69) is 4.99 Å². The molecule has 0 unspecified atom stereocenters. The summed E-state index contributed by atoms with van der Waals surface area (Å²) < 4.78 is 5.70. The molecule has 5 N–H and O–H groups in total. The summed E-state index contributed by atoms with van der Waals surface area (Å²) in [6, 6.07) is 15.1. The van der Waals surface area contributed by atoms with Gasteiger partial charge in [-0.15, -0.1) is 0 Å². The summed E-state index contributed by atoms with van der Waals surface area (Å²) in [6.07, 6.45) is 0. The Kier molecular flexibility index (Phi) is 5.14. The van der Waals surface area contributed by atoms with E-state index in [1.54, 1.807) is 12.1 Å². The summed E-state index contributed by atoms with van der Waals surface area (Å²) in [6.45, 7) is 2.82. The fraction of sp³-hybridized carbons (Fsp3) is 0.176. The number of aliphatic imine (C=N–C) groups is 1. The zero-order chi connectivity index (χ0) is 15.9. The molecular formula is C17H20N4O. The minimum atomic E-state index is 0.0243. The summed E-state index contributed by atoms with van der Waals surface area (Å²) >= 11 is 0. The van der Waals surface area contributed by atoms with Crippen LogP contribution in [0.2, 0.25) is 0 Å². The van der Waals surface area contributed by atoms with E-state index in [1.807, 2.05) is 43.3 Å². The Morgan fingerprint density at radius 2 is 1.82 bits per heavy atom. The summed E-state index contributed by atoms with van der Waals surface area (Å²) in [5.74, 6) is 1.23. The third-order valence-corrected chi connectivity index (χ3v) is 3.20. The zero-order valence-corrected chi connectivity index (χ0v) is 12.5. The van der Waals surface area contributed by atoms with Gasteiger partial charge in [0.2, 0.25) is 0 Å². The van der Waals surface area contributed by atoms with E-state index < -0.39 is 0 Å². The number of hydrogen-bond donors (Lipinski definition) is 3. The van der Waals surface area contributed by atoms with Gasteiger partial charge in [-0.05, 0) is 18.6 Å². The Balaban J connectivity index is 1.94. The predicted molar refractivity (Wildman–Crippen MR) is 89.7 cm³/mol. The SMILES string of the molecule is Cc1ccc(C(=N)N)cc1OCCN=C(N)c1ccccc1. The quantitative estimate of drug-likeness (QED) is 0.432. The molecule has 5 heteroatoms. The van der Waals surface area contributed by atoms with E-state index >= 15 is 0 Å². The van der Waals surface area contributed by atoms with Crippen LogP contribution >= 0.6 is 0 Å². The van der Waals surface area contributed by atoms with Gasteiger partial charge < -0.3 is 16.2 Å². The first-order valence-corrected chi connectivity index (χ1v) is 7.01. The van der Waals surface area contributed by atoms with Gasteiger partial charge in [0.15, 0.2) is 0 Å². The van der Waals surface area contributed by atoms with Crippen molar-refractivity contribution >= 4 is 11.7 Å². The van der Waals surface area contributed by atoms with E-state index in [0.717, 1.165) is 11.1 Å². The van der Waals surface area contributed by atoms with Crippen LogP contribution in [0.4, 0.5) is 0 Å². The van der Waals surface area contributed by atoms with Gasteiger partial charge in [-0.2, -0.15) is 0 Å². The Morgan fingerprint density at radius 3 is 2.50 bits per heavy atom. The van der Waals surface area contributed by atoms with Crippen molar-refractivity contribution in [1.29, 1.82) is 5.41 Å². The molecule has 5 nitrogen and oxygen atoms in total. The number of nitrogens with zero attached hydrogens (tertiary/aromatic N) is 1. The molecule has 0 aromatic heterocycles. The highest BCUT2D eigenvalue weighted by molar-refractivity contribution is 5.97. The minimum Gasteiger partial charge on any atom is -0.491 e. The largest absolute Gasteiger partial charge is 0.491 e. The molecule has 0 saturated carbocycles. The third kappa shape index (κ3) is 4.09. The maximum atomic E-state index is 7.45. The topological polar surface area (TPSA) is 97.5 Å². The molecule has 2 aromatic carbocycles. The third-order valence-electron chi connectivity index (χ3n) is 3.20. The van der Waals surface area contributed by atoms with Crippen LogP contribution in [0.25, 0.3) is 0 Å². The highest BCUT2D eigenvalue weighted by Gasteiger charge is 2.03. The number of nitrogen functional groups attached to an aromatic ring is 1. The smallest absolute Gasteiger partial charge is 0.125 e. The molecule has 0 aliphatic rings. The zero-order valence-electron chi connectivity index (χ0n) is 12.5. The van der Waals surface area contributed by atoms with Crippen LogP contribution in [0.1, 0.15) is 16.7 Å². The fourth-order valence-electron chi connectivity index (χ4n) is 1.95. The first-order valence-electron chi connectivity index (χ1n) is 7.01. The fourth-order valence-corrected chi connectivity index (χ4v) is 1.95. The van der Waals surface area contributed by atoms with E-state index in [4.69, 9.17) is 21.6 Å². The van der Waals surface area contributed by atoms with Crippen molar-refractivity contribution in [1.82, 2.24) is 0 Å². The monoisotopic (exact) mass is 296 g/mol. The van der Waals surface area contributed by atoms with Crippen molar-refractivity contribution < 1.29 is 4.74 Å². The molecule has 0 aliphatic carbocycles. The van der Waals surface area contributed by atoms with Gasteiger partial charge in [-0.3, -0.25) is 10.4 Å². The molecule has 0 aliphatic heterocycles. The summed E-state index contributed by atoms with van der Waals surface area (Å²) in [5, 5.41) is 7.45. The van der Waals surface area contributed by atoms with Gasteiger partial charge in [0.25, 0.3) is 0 Å². The standard InChI is InChI=1S/C17H20N4O/c1-12-7-8-14(16(18)19)11-15(12)22-10-9-21-17(20)13-5-3-2-4-6-13/h2-8,11H,9-10H2,1H3,(H3,18,19)(H2,20,21). The Hall–Kier alpha value is -2.82. The molecule has 2 aromatic rings. The Morgan fingerprint density at radius 1 is 1.09 bits per heavy atom. The number of benzene rings is 2. The molecule has 0 atom stereocenters. The van der Waals surface area contributed by atoms with Crippen LogP contribution in [-0.2, 0) is 0 Å². The van der Waals surface area contributed by atoms with Crippen LogP contribution in [0.15, 0.2) is 53.5 Å². The van der Waals surface area contributed by atoms with Gasteiger partial charge in [0.1, 0.15) is 24.0 Å². The first kappa shape index (κ1) is 15.6. The van der Waals surface area contributed by atoms with E-state index in [1.165, 1.54) is 0 Å². The second-order valence-corrected chi connectivity index (χ2v) is 4.88. The lowest BCUT2D eigenvalue weighted by molar-refractivity contribution is 0.326. The van der Waals surface area contributed by atoms with Crippen LogP contribution in [0, 0.1) is 12.3 Å². The van der Waals surface area contributed by atoms with Crippen LogP contribution < -0.4 is 16.2 Å². The molecule has 2 rings (SSSR count). The average molecular weight is 296 g/mol. The van der Waals surface area contributed by atoms with E-state index in [-0.39, 0.29) is 5.84 Å². The molecule has 0 fully saturated rings. The van der Waals surface area contributed by atoms with Crippen molar-refractivity contribution in [2.45, 2.75) is 6.92 Å². The van der Waals surface area contributed by atoms with Crippen LogP contribution in [-0.4, -0.2) is 24.8 Å². The van der Waals surface area contributed by atoms with Gasteiger partial charge in [-0.25, -0.2) is 0 Å².